The fraction of sp³-hybridized carbons (Fsp3) is 0.393. The van der Waals surface area contributed by atoms with Crippen molar-refractivity contribution in [1.29, 1.82) is 0 Å². The van der Waals surface area contributed by atoms with E-state index in [1.807, 2.05) is 13.8 Å². The fourth-order valence-electron chi connectivity index (χ4n) is 4.36. The minimum Gasteiger partial charge on any atom is -0.490 e. The van der Waals surface area contributed by atoms with Crippen LogP contribution in [0.5, 0.6) is 5.75 Å². The van der Waals surface area contributed by atoms with Crippen molar-refractivity contribution in [2.45, 2.75) is 69.8 Å². The van der Waals surface area contributed by atoms with Crippen LogP contribution in [0.2, 0.25) is 0 Å². The Labute approximate surface area is 244 Å². The summed E-state index contributed by atoms with van der Waals surface area (Å²) in [6.07, 6.45) is -5.71. The molecule has 15 heteroatoms. The van der Waals surface area contributed by atoms with Gasteiger partial charge in [0.1, 0.15) is 5.75 Å². The molecule has 0 fully saturated rings. The zero-order valence-corrected chi connectivity index (χ0v) is 24.1. The van der Waals surface area contributed by atoms with E-state index in [9.17, 15) is 39.6 Å². The Morgan fingerprint density at radius 3 is 2.14 bits per heavy atom. The third-order valence-corrected chi connectivity index (χ3v) is 7.99. The molecule has 0 saturated heterocycles. The highest BCUT2D eigenvalue weighted by molar-refractivity contribution is 7.90. The molecule has 0 saturated carbocycles. The lowest BCUT2D eigenvalue weighted by Gasteiger charge is -2.20. The summed E-state index contributed by atoms with van der Waals surface area (Å²) in [5, 5.41) is 2.94. The largest absolute Gasteiger partial charge is 0.490 e. The van der Waals surface area contributed by atoms with Gasteiger partial charge in [-0.3, -0.25) is 14.8 Å². The predicted molar refractivity (Wildman–Crippen MR) is 143 cm³/mol. The van der Waals surface area contributed by atoms with Crippen LogP contribution in [0, 0.1) is 0 Å². The molecular formula is C28H28F6N4O4S. The zero-order chi connectivity index (χ0) is 31.7. The SMILES string of the molecule is CC[C@H](C)Oc1ccc(S(C)(=O)=O)cc1C(=O)N1Cc2cc(C(F)(F)F)cnc2C1.FC(F)(F)c1cnc2c(c1)CNC2. The van der Waals surface area contributed by atoms with Gasteiger partial charge in [-0.1, -0.05) is 6.92 Å². The van der Waals surface area contributed by atoms with Gasteiger partial charge in [-0.2, -0.15) is 26.3 Å². The van der Waals surface area contributed by atoms with E-state index in [2.05, 4.69) is 15.3 Å². The summed E-state index contributed by atoms with van der Waals surface area (Å²) in [5.41, 5.74) is 0.539. The Morgan fingerprint density at radius 1 is 0.953 bits per heavy atom. The van der Waals surface area contributed by atoms with Gasteiger partial charge >= 0.3 is 12.4 Å². The number of halogens is 6. The third kappa shape index (κ3) is 7.63. The number of rotatable bonds is 5. The van der Waals surface area contributed by atoms with E-state index in [1.54, 1.807) is 0 Å². The summed E-state index contributed by atoms with van der Waals surface area (Å²) in [5.74, 6) is -0.313. The van der Waals surface area contributed by atoms with Gasteiger partial charge in [-0.15, -0.1) is 0 Å². The minimum absolute atomic E-state index is 0.0260. The second kappa shape index (κ2) is 12.1. The maximum atomic E-state index is 13.2. The van der Waals surface area contributed by atoms with Gasteiger partial charge in [0, 0.05) is 38.3 Å². The number of alkyl halides is 6. The Kier molecular flexibility index (Phi) is 9.07. The topological polar surface area (TPSA) is 101 Å². The molecule has 3 aromatic rings. The number of carbonyl (C=O) groups excluding carboxylic acids is 1. The monoisotopic (exact) mass is 630 g/mol. The van der Waals surface area contributed by atoms with Crippen LogP contribution in [-0.4, -0.2) is 41.6 Å². The van der Waals surface area contributed by atoms with Crippen LogP contribution in [-0.2, 0) is 48.4 Å². The standard InChI is InChI=1S/C20H21F3N2O4S.C8H7F3N2/c1-4-12(2)29-18-6-5-15(30(3,27)28)8-16(18)19(26)25-10-13-7-14(20(21,22)23)9-24-17(13)11-25;9-8(10,11)6-1-5-2-12-4-7(5)13-3-6/h5-9,12H,4,10-11H2,1-3H3;1,3,12H,2,4H2/t12-;/m0./s1. The summed E-state index contributed by atoms with van der Waals surface area (Å²) >= 11 is 0. The number of nitrogens with one attached hydrogen (secondary N) is 1. The first-order valence-electron chi connectivity index (χ1n) is 13.1. The maximum absolute atomic E-state index is 13.2. The highest BCUT2D eigenvalue weighted by atomic mass is 32.2. The highest BCUT2D eigenvalue weighted by Gasteiger charge is 2.35. The van der Waals surface area contributed by atoms with E-state index < -0.39 is 39.2 Å². The highest BCUT2D eigenvalue weighted by Crippen LogP contribution is 2.34. The summed E-state index contributed by atoms with van der Waals surface area (Å²) in [6, 6.07) is 6.17. The van der Waals surface area contributed by atoms with E-state index in [0.29, 0.717) is 42.0 Å². The number of ether oxygens (including phenoxy) is 1. The number of carbonyl (C=O) groups is 1. The summed E-state index contributed by atoms with van der Waals surface area (Å²) < 4.78 is 105. The number of fused-ring (bicyclic) bond motifs is 2. The van der Waals surface area contributed by atoms with E-state index >= 15 is 0 Å². The number of aromatic nitrogens is 2. The van der Waals surface area contributed by atoms with Crippen LogP contribution < -0.4 is 10.1 Å². The van der Waals surface area contributed by atoms with Crippen molar-refractivity contribution in [2.75, 3.05) is 6.26 Å². The van der Waals surface area contributed by atoms with Crippen LogP contribution in [0.3, 0.4) is 0 Å². The van der Waals surface area contributed by atoms with Crippen molar-refractivity contribution < 1.29 is 44.3 Å². The Balaban J connectivity index is 0.000000269. The number of pyridine rings is 2. The molecule has 8 nitrogen and oxygen atoms in total. The van der Waals surface area contributed by atoms with Gasteiger partial charge in [-0.05, 0) is 54.8 Å². The third-order valence-electron chi connectivity index (χ3n) is 6.88. The normalized spacial score (nSPS) is 15.3. The lowest BCUT2D eigenvalue weighted by molar-refractivity contribution is -0.138. The van der Waals surface area contributed by atoms with Crippen LogP contribution in [0.25, 0.3) is 0 Å². The number of hydrogen-bond acceptors (Lipinski definition) is 7. The second-order valence-corrected chi connectivity index (χ2v) is 12.2. The van der Waals surface area contributed by atoms with Gasteiger partial charge < -0.3 is 15.0 Å². The van der Waals surface area contributed by atoms with Gasteiger partial charge in [0.25, 0.3) is 5.91 Å². The average molecular weight is 631 g/mol. The fourth-order valence-corrected chi connectivity index (χ4v) is 5.01. The molecule has 0 radical (unpaired) electrons. The van der Waals surface area contributed by atoms with Crippen molar-refractivity contribution in [2.24, 2.45) is 0 Å². The van der Waals surface area contributed by atoms with Crippen LogP contribution >= 0.6 is 0 Å². The first-order valence-corrected chi connectivity index (χ1v) is 15.0. The smallest absolute Gasteiger partial charge is 0.417 e. The molecule has 4 heterocycles. The number of benzene rings is 1. The number of amides is 1. The van der Waals surface area contributed by atoms with E-state index in [0.717, 1.165) is 30.8 Å². The van der Waals surface area contributed by atoms with Crippen molar-refractivity contribution >= 4 is 15.7 Å². The zero-order valence-electron chi connectivity index (χ0n) is 23.3. The molecule has 0 spiro atoms. The second-order valence-electron chi connectivity index (χ2n) is 10.2. The van der Waals surface area contributed by atoms with Crippen molar-refractivity contribution in [3.8, 4) is 5.75 Å². The van der Waals surface area contributed by atoms with E-state index in [4.69, 9.17) is 4.74 Å². The Bertz CT molecular complexity index is 1630. The molecule has 5 rings (SSSR count). The molecule has 232 valence electrons. The minimum atomic E-state index is -4.53. The molecule has 0 bridgehead atoms. The molecule has 1 amide bonds. The van der Waals surface area contributed by atoms with Crippen LogP contribution in [0.4, 0.5) is 26.3 Å². The summed E-state index contributed by atoms with van der Waals surface area (Å²) in [6.45, 7) is 4.72. The molecule has 1 N–H and O–H groups in total. The first-order chi connectivity index (χ1) is 20.0. The molecule has 2 aromatic heterocycles. The Morgan fingerprint density at radius 2 is 1.56 bits per heavy atom. The molecule has 0 aliphatic carbocycles. The lowest BCUT2D eigenvalue weighted by atomic mass is 10.1. The number of sulfone groups is 1. The first kappa shape index (κ1) is 32.2. The van der Waals surface area contributed by atoms with Gasteiger partial charge in [-0.25, -0.2) is 8.42 Å². The summed E-state index contributed by atoms with van der Waals surface area (Å²) in [7, 11) is -3.57. The van der Waals surface area contributed by atoms with E-state index in [-0.39, 0.29) is 35.4 Å². The number of nitrogens with zero attached hydrogens (tertiary/aromatic N) is 3. The van der Waals surface area contributed by atoms with Gasteiger partial charge in [0.15, 0.2) is 9.84 Å². The van der Waals surface area contributed by atoms with Crippen LogP contribution in [0.15, 0.2) is 47.6 Å². The van der Waals surface area contributed by atoms with Crippen LogP contribution in [0.1, 0.15) is 64.3 Å². The molecule has 1 atom stereocenters. The van der Waals surface area contributed by atoms with Crippen molar-refractivity contribution in [3.63, 3.8) is 0 Å². The number of hydrogen-bond donors (Lipinski definition) is 1. The van der Waals surface area contributed by atoms with E-state index in [1.165, 1.54) is 23.1 Å². The molecular weight excluding hydrogens is 602 g/mol. The Hall–Kier alpha value is -3.72. The molecule has 2 aliphatic heterocycles. The molecule has 0 unspecified atom stereocenters. The predicted octanol–water partition coefficient (Wildman–Crippen LogP) is 5.54. The molecule has 1 aromatic carbocycles. The lowest BCUT2D eigenvalue weighted by Crippen LogP contribution is -2.27. The quantitative estimate of drug-likeness (QED) is 0.370. The molecule has 43 heavy (non-hydrogen) atoms. The van der Waals surface area contributed by atoms with Gasteiger partial charge in [0.2, 0.25) is 0 Å². The average Bonchev–Trinajstić information content (AvgIpc) is 3.57. The van der Waals surface area contributed by atoms with Crippen molar-refractivity contribution in [3.05, 3.63) is 81.9 Å². The summed E-state index contributed by atoms with van der Waals surface area (Å²) in [4.78, 5) is 22.0. The van der Waals surface area contributed by atoms with Crippen molar-refractivity contribution in [1.82, 2.24) is 20.2 Å². The molecule has 2 aliphatic rings. The maximum Gasteiger partial charge on any atom is 0.417 e. The van der Waals surface area contributed by atoms with Gasteiger partial charge in [0.05, 0.1) is 45.6 Å².